The number of benzene rings is 1. The Kier molecular flexibility index (Phi) is 2.70. The molecule has 0 amide bonds. The summed E-state index contributed by atoms with van der Waals surface area (Å²) in [5.74, 6) is -0.424. The smallest absolute Gasteiger partial charge is 0.281 e. The Morgan fingerprint density at radius 1 is 1.40 bits per heavy atom. The van der Waals surface area contributed by atoms with Gasteiger partial charge in [0.15, 0.2) is 5.65 Å². The Morgan fingerprint density at radius 2 is 2.20 bits per heavy atom. The zero-order chi connectivity index (χ0) is 14.3. The lowest BCUT2D eigenvalue weighted by Gasteiger charge is -2.06. The van der Waals surface area contributed by atoms with E-state index in [0.717, 1.165) is 0 Å². The van der Waals surface area contributed by atoms with Crippen molar-refractivity contribution in [2.45, 2.75) is 6.54 Å². The van der Waals surface area contributed by atoms with E-state index in [9.17, 15) is 9.18 Å². The molecule has 0 radical (unpaired) electrons. The van der Waals surface area contributed by atoms with E-state index in [-0.39, 0.29) is 17.8 Å². The van der Waals surface area contributed by atoms with Crippen LogP contribution >= 0.6 is 0 Å². The predicted octanol–water partition coefficient (Wildman–Crippen LogP) is 0.295. The van der Waals surface area contributed by atoms with Gasteiger partial charge in [-0.25, -0.2) is 13.8 Å². The van der Waals surface area contributed by atoms with Gasteiger partial charge in [-0.15, -0.1) is 5.10 Å². The Bertz CT molecular complexity index is 853. The Morgan fingerprint density at radius 3 is 2.95 bits per heavy atom. The monoisotopic (exact) mass is 274 g/mol. The van der Waals surface area contributed by atoms with Gasteiger partial charge in [0.25, 0.3) is 5.56 Å². The molecule has 2 N–H and O–H groups in total. The molecule has 1 aromatic carbocycles. The van der Waals surface area contributed by atoms with Crippen molar-refractivity contribution < 1.29 is 4.39 Å². The molecule has 20 heavy (non-hydrogen) atoms. The van der Waals surface area contributed by atoms with Crippen LogP contribution < -0.4 is 11.3 Å². The van der Waals surface area contributed by atoms with E-state index >= 15 is 0 Å². The minimum atomic E-state index is -0.424. The largest absolute Gasteiger partial charge is 0.398 e. The molecule has 0 aliphatic rings. The first-order valence-electron chi connectivity index (χ1n) is 5.85. The van der Waals surface area contributed by atoms with Crippen LogP contribution in [0.25, 0.3) is 11.0 Å². The third-order valence-electron chi connectivity index (χ3n) is 3.05. The third-order valence-corrected chi connectivity index (χ3v) is 3.05. The molecule has 0 unspecified atom stereocenters. The number of aromatic nitrogens is 5. The summed E-state index contributed by atoms with van der Waals surface area (Å²) < 4.78 is 15.6. The zero-order valence-corrected chi connectivity index (χ0v) is 10.6. The Hall–Kier alpha value is -2.77. The molecule has 0 atom stereocenters. The fourth-order valence-electron chi connectivity index (χ4n) is 1.95. The summed E-state index contributed by atoms with van der Waals surface area (Å²) in [6, 6.07) is 4.01. The lowest BCUT2D eigenvalue weighted by Crippen LogP contribution is -2.25. The predicted molar refractivity (Wildman–Crippen MR) is 70.5 cm³/mol. The molecule has 8 heteroatoms. The number of nitrogens with zero attached hydrogens (tertiary/aromatic N) is 5. The Balaban J connectivity index is 2.07. The molecule has 0 aliphatic heterocycles. The molecule has 3 rings (SSSR count). The molecular weight excluding hydrogens is 263 g/mol. The van der Waals surface area contributed by atoms with Crippen LogP contribution in [-0.2, 0) is 13.6 Å². The van der Waals surface area contributed by atoms with Gasteiger partial charge in [-0.05, 0) is 17.7 Å². The maximum atomic E-state index is 13.0. The number of nitrogen functional groups attached to an aromatic ring is 1. The number of hydrogen-bond donors (Lipinski definition) is 1. The quantitative estimate of drug-likeness (QED) is 0.678. The van der Waals surface area contributed by atoms with Crippen molar-refractivity contribution >= 4 is 16.7 Å². The number of fused-ring (bicyclic) bond motifs is 1. The van der Waals surface area contributed by atoms with E-state index in [0.29, 0.717) is 16.6 Å². The van der Waals surface area contributed by atoms with Crippen molar-refractivity contribution in [3.63, 3.8) is 0 Å². The molecule has 7 nitrogen and oxygen atoms in total. The normalized spacial score (nSPS) is 11.1. The zero-order valence-electron chi connectivity index (χ0n) is 10.6. The number of aryl methyl sites for hydroxylation is 1. The van der Waals surface area contributed by atoms with Crippen molar-refractivity contribution in [2.75, 3.05) is 5.73 Å². The van der Waals surface area contributed by atoms with E-state index in [4.69, 9.17) is 5.73 Å². The van der Waals surface area contributed by atoms with Crippen molar-refractivity contribution in [3.8, 4) is 0 Å². The number of hydrogen-bond acceptors (Lipinski definition) is 5. The average Bonchev–Trinajstić information content (AvgIpc) is 2.78. The first-order chi connectivity index (χ1) is 9.56. The molecule has 3 aromatic rings. The first-order valence-corrected chi connectivity index (χ1v) is 5.85. The number of anilines is 1. The fourth-order valence-corrected chi connectivity index (χ4v) is 1.95. The summed E-state index contributed by atoms with van der Waals surface area (Å²) >= 11 is 0. The molecule has 102 valence electrons. The van der Waals surface area contributed by atoms with Crippen molar-refractivity contribution in [3.05, 3.63) is 46.1 Å². The van der Waals surface area contributed by atoms with Crippen molar-refractivity contribution in [1.29, 1.82) is 0 Å². The highest BCUT2D eigenvalue weighted by atomic mass is 19.1. The van der Waals surface area contributed by atoms with E-state index in [1.165, 1.54) is 33.8 Å². The Labute approximate surface area is 112 Å². The van der Waals surface area contributed by atoms with Crippen LogP contribution in [0.2, 0.25) is 0 Å². The second-order valence-electron chi connectivity index (χ2n) is 4.40. The highest BCUT2D eigenvalue weighted by Crippen LogP contribution is 2.14. The highest BCUT2D eigenvalue weighted by molar-refractivity contribution is 5.72. The average molecular weight is 274 g/mol. The number of halogens is 1. The van der Waals surface area contributed by atoms with Gasteiger partial charge in [-0.2, -0.15) is 5.10 Å². The van der Waals surface area contributed by atoms with Gasteiger partial charge < -0.3 is 5.73 Å². The van der Waals surface area contributed by atoms with Gasteiger partial charge in [0.2, 0.25) is 0 Å². The van der Waals surface area contributed by atoms with Gasteiger partial charge in [0.05, 0.1) is 12.7 Å². The van der Waals surface area contributed by atoms with Crippen LogP contribution in [0.3, 0.4) is 0 Å². The highest BCUT2D eigenvalue weighted by Gasteiger charge is 2.11. The maximum absolute atomic E-state index is 13.0. The molecule has 0 saturated heterocycles. The van der Waals surface area contributed by atoms with Gasteiger partial charge in [-0.1, -0.05) is 11.3 Å². The molecular formula is C12H11FN6O. The summed E-state index contributed by atoms with van der Waals surface area (Å²) in [5, 5.41) is 12.1. The summed E-state index contributed by atoms with van der Waals surface area (Å²) in [6.07, 6.45) is 1.44. The minimum Gasteiger partial charge on any atom is -0.398 e. The van der Waals surface area contributed by atoms with Crippen LogP contribution in [0.15, 0.2) is 29.2 Å². The fraction of sp³-hybridized carbons (Fsp3) is 0.167. The number of rotatable bonds is 2. The molecule has 0 spiro atoms. The molecule has 2 aromatic heterocycles. The topological polar surface area (TPSA) is 91.6 Å². The van der Waals surface area contributed by atoms with Gasteiger partial charge in [0.1, 0.15) is 11.2 Å². The second-order valence-corrected chi connectivity index (χ2v) is 4.40. The van der Waals surface area contributed by atoms with Crippen LogP contribution in [-0.4, -0.2) is 24.8 Å². The lowest BCUT2D eigenvalue weighted by atomic mass is 10.2. The first kappa shape index (κ1) is 12.3. The summed E-state index contributed by atoms with van der Waals surface area (Å²) in [7, 11) is 1.68. The standard InChI is InChI=1S/C12H11FN6O/c1-18-11-9(5-15-18)12(20)19(17-16-11)6-7-2-3-8(13)4-10(7)14/h2-5H,6,14H2,1H3. The van der Waals surface area contributed by atoms with E-state index < -0.39 is 5.82 Å². The minimum absolute atomic E-state index is 0.128. The second kappa shape index (κ2) is 4.41. The third kappa shape index (κ3) is 1.91. The summed E-state index contributed by atoms with van der Waals surface area (Å²) in [6.45, 7) is 0.128. The molecule has 0 bridgehead atoms. The van der Waals surface area contributed by atoms with Gasteiger partial charge in [0, 0.05) is 12.7 Å². The van der Waals surface area contributed by atoms with Gasteiger partial charge in [-0.3, -0.25) is 4.79 Å². The van der Waals surface area contributed by atoms with Crippen LogP contribution in [0.1, 0.15) is 5.56 Å². The number of nitrogens with two attached hydrogens (primary N) is 1. The van der Waals surface area contributed by atoms with Gasteiger partial charge >= 0.3 is 0 Å². The van der Waals surface area contributed by atoms with Crippen molar-refractivity contribution in [1.82, 2.24) is 24.8 Å². The summed E-state index contributed by atoms with van der Waals surface area (Å²) in [5.41, 5.74) is 6.69. The van der Waals surface area contributed by atoms with E-state index in [2.05, 4.69) is 15.4 Å². The van der Waals surface area contributed by atoms with E-state index in [1.807, 2.05) is 0 Å². The van der Waals surface area contributed by atoms with Crippen LogP contribution in [0.5, 0.6) is 0 Å². The SMILES string of the molecule is Cn1ncc2c(=O)n(Cc3ccc(F)cc3N)nnc21. The van der Waals surface area contributed by atoms with E-state index in [1.54, 1.807) is 7.05 Å². The van der Waals surface area contributed by atoms with Crippen LogP contribution in [0, 0.1) is 5.82 Å². The van der Waals surface area contributed by atoms with Crippen LogP contribution in [0.4, 0.5) is 10.1 Å². The maximum Gasteiger partial charge on any atom is 0.281 e. The molecule has 2 heterocycles. The lowest BCUT2D eigenvalue weighted by molar-refractivity contribution is 0.593. The molecule has 0 aliphatic carbocycles. The van der Waals surface area contributed by atoms with Crippen molar-refractivity contribution in [2.24, 2.45) is 7.05 Å². The molecule has 0 fully saturated rings. The molecule has 0 saturated carbocycles. The summed E-state index contributed by atoms with van der Waals surface area (Å²) in [4.78, 5) is 12.2.